The summed E-state index contributed by atoms with van der Waals surface area (Å²) in [6.45, 7) is 2.38. The molecular formula is C15H16FN3O. The molecule has 5 heteroatoms. The summed E-state index contributed by atoms with van der Waals surface area (Å²) in [6.07, 6.45) is 3.34. The molecule has 2 N–H and O–H groups in total. The quantitative estimate of drug-likeness (QED) is 0.897. The molecule has 1 amide bonds. The van der Waals surface area contributed by atoms with Crippen molar-refractivity contribution < 1.29 is 9.18 Å². The van der Waals surface area contributed by atoms with Gasteiger partial charge >= 0.3 is 0 Å². The molecule has 0 radical (unpaired) electrons. The number of aromatic amines is 1. The van der Waals surface area contributed by atoms with E-state index in [-0.39, 0.29) is 11.7 Å². The molecule has 20 heavy (non-hydrogen) atoms. The van der Waals surface area contributed by atoms with Crippen LogP contribution < -0.4 is 5.32 Å². The molecule has 1 fully saturated rings. The summed E-state index contributed by atoms with van der Waals surface area (Å²) in [4.78, 5) is 12.4. The summed E-state index contributed by atoms with van der Waals surface area (Å²) in [6, 6.07) is 6.21. The van der Waals surface area contributed by atoms with Gasteiger partial charge in [-0.1, -0.05) is 12.1 Å². The molecule has 1 aliphatic carbocycles. The lowest BCUT2D eigenvalue weighted by Crippen LogP contribution is -2.34. The van der Waals surface area contributed by atoms with Crippen LogP contribution in [0.1, 0.15) is 29.7 Å². The Morgan fingerprint density at radius 3 is 2.65 bits per heavy atom. The molecule has 4 nitrogen and oxygen atoms in total. The number of carbonyl (C=O) groups is 1. The van der Waals surface area contributed by atoms with Crippen LogP contribution in [0.5, 0.6) is 0 Å². The number of benzene rings is 1. The molecule has 104 valence electrons. The maximum absolute atomic E-state index is 13.0. The van der Waals surface area contributed by atoms with E-state index in [9.17, 15) is 9.18 Å². The van der Waals surface area contributed by atoms with Crippen LogP contribution in [0.2, 0.25) is 0 Å². The van der Waals surface area contributed by atoms with Crippen molar-refractivity contribution in [3.05, 3.63) is 53.1 Å². The van der Waals surface area contributed by atoms with Crippen LogP contribution in [0.3, 0.4) is 0 Å². The van der Waals surface area contributed by atoms with E-state index in [1.54, 1.807) is 18.3 Å². The Morgan fingerprint density at radius 2 is 2.10 bits per heavy atom. The standard InChI is InChI=1S/C15H16FN3O/c1-10-11(9-18-19-10)8-17-14(20)15(6-7-15)12-2-4-13(16)5-3-12/h2-5,9H,6-8H2,1H3,(H,17,20)(H,18,19). The number of nitrogens with zero attached hydrogens (tertiary/aromatic N) is 1. The Labute approximate surface area is 116 Å². The zero-order chi connectivity index (χ0) is 14.2. The molecule has 1 aliphatic rings. The van der Waals surface area contributed by atoms with Gasteiger partial charge < -0.3 is 5.32 Å². The van der Waals surface area contributed by atoms with E-state index in [0.29, 0.717) is 6.54 Å². The highest BCUT2D eigenvalue weighted by Gasteiger charge is 2.51. The minimum atomic E-state index is -0.467. The van der Waals surface area contributed by atoms with Crippen molar-refractivity contribution >= 4 is 5.91 Å². The average molecular weight is 273 g/mol. The van der Waals surface area contributed by atoms with Gasteiger partial charge in [0.2, 0.25) is 5.91 Å². The van der Waals surface area contributed by atoms with Gasteiger partial charge in [-0.3, -0.25) is 9.89 Å². The zero-order valence-electron chi connectivity index (χ0n) is 11.2. The fourth-order valence-corrected chi connectivity index (χ4v) is 2.44. The molecule has 0 saturated heterocycles. The number of rotatable bonds is 4. The van der Waals surface area contributed by atoms with Gasteiger partial charge in [0, 0.05) is 17.8 Å². The van der Waals surface area contributed by atoms with Gasteiger partial charge in [0.15, 0.2) is 0 Å². The Morgan fingerprint density at radius 1 is 1.40 bits per heavy atom. The van der Waals surface area contributed by atoms with Crippen molar-refractivity contribution in [2.45, 2.75) is 31.7 Å². The third kappa shape index (κ3) is 2.19. The van der Waals surface area contributed by atoms with Crippen molar-refractivity contribution in [2.75, 3.05) is 0 Å². The third-order valence-electron chi connectivity index (χ3n) is 3.96. The largest absolute Gasteiger partial charge is 0.351 e. The number of halogens is 1. The molecule has 1 heterocycles. The minimum absolute atomic E-state index is 0.00436. The molecule has 0 aliphatic heterocycles. The number of H-pyrrole nitrogens is 1. The molecule has 1 saturated carbocycles. The van der Waals surface area contributed by atoms with Crippen molar-refractivity contribution in [3.63, 3.8) is 0 Å². The summed E-state index contributed by atoms with van der Waals surface area (Å²) in [5, 5.41) is 9.72. The summed E-state index contributed by atoms with van der Waals surface area (Å²) in [5.74, 6) is -0.274. The number of carbonyl (C=O) groups excluding carboxylic acids is 1. The first-order valence-corrected chi connectivity index (χ1v) is 6.65. The number of hydrogen-bond donors (Lipinski definition) is 2. The van der Waals surface area contributed by atoms with Crippen LogP contribution in [-0.4, -0.2) is 16.1 Å². The maximum Gasteiger partial charge on any atom is 0.230 e. The minimum Gasteiger partial charge on any atom is -0.351 e. The Balaban J connectivity index is 1.70. The predicted octanol–water partition coefficient (Wildman–Crippen LogP) is 2.21. The molecule has 0 bridgehead atoms. The maximum atomic E-state index is 13.0. The first kappa shape index (κ1) is 12.8. The van der Waals surface area contributed by atoms with Crippen molar-refractivity contribution in [2.24, 2.45) is 0 Å². The van der Waals surface area contributed by atoms with E-state index in [1.807, 2.05) is 6.92 Å². The monoisotopic (exact) mass is 273 g/mol. The van der Waals surface area contributed by atoms with E-state index in [4.69, 9.17) is 0 Å². The van der Waals surface area contributed by atoms with Crippen LogP contribution in [0, 0.1) is 12.7 Å². The molecular weight excluding hydrogens is 257 g/mol. The predicted molar refractivity (Wildman–Crippen MR) is 72.5 cm³/mol. The van der Waals surface area contributed by atoms with Crippen LogP contribution in [0.15, 0.2) is 30.5 Å². The molecule has 1 aromatic heterocycles. The van der Waals surface area contributed by atoms with Gasteiger partial charge in [0.1, 0.15) is 5.82 Å². The SMILES string of the molecule is Cc1[nH]ncc1CNC(=O)C1(c2ccc(F)cc2)CC1. The average Bonchev–Trinajstić information content (AvgIpc) is 3.15. The van der Waals surface area contributed by atoms with E-state index in [0.717, 1.165) is 29.7 Å². The van der Waals surface area contributed by atoms with Crippen molar-refractivity contribution in [1.29, 1.82) is 0 Å². The number of amides is 1. The van der Waals surface area contributed by atoms with Gasteiger partial charge in [0.25, 0.3) is 0 Å². The lowest BCUT2D eigenvalue weighted by molar-refractivity contribution is -0.123. The second kappa shape index (κ2) is 4.74. The highest BCUT2D eigenvalue weighted by molar-refractivity contribution is 5.91. The van der Waals surface area contributed by atoms with E-state index in [1.165, 1.54) is 12.1 Å². The van der Waals surface area contributed by atoms with Gasteiger partial charge in [-0.15, -0.1) is 0 Å². The molecule has 3 rings (SSSR count). The number of hydrogen-bond acceptors (Lipinski definition) is 2. The smallest absolute Gasteiger partial charge is 0.230 e. The topological polar surface area (TPSA) is 57.8 Å². The second-order valence-electron chi connectivity index (χ2n) is 5.29. The number of aromatic nitrogens is 2. The molecule has 1 aromatic carbocycles. The number of aryl methyl sites for hydroxylation is 1. The third-order valence-corrected chi connectivity index (χ3v) is 3.96. The highest BCUT2D eigenvalue weighted by Crippen LogP contribution is 2.48. The zero-order valence-corrected chi connectivity index (χ0v) is 11.2. The Hall–Kier alpha value is -2.17. The van der Waals surface area contributed by atoms with Crippen LogP contribution >= 0.6 is 0 Å². The van der Waals surface area contributed by atoms with Gasteiger partial charge in [-0.2, -0.15) is 5.10 Å². The lowest BCUT2D eigenvalue weighted by Gasteiger charge is -2.15. The van der Waals surface area contributed by atoms with E-state index >= 15 is 0 Å². The van der Waals surface area contributed by atoms with E-state index in [2.05, 4.69) is 15.5 Å². The van der Waals surface area contributed by atoms with Crippen molar-refractivity contribution in [1.82, 2.24) is 15.5 Å². The van der Waals surface area contributed by atoms with Gasteiger partial charge in [0.05, 0.1) is 11.6 Å². The first-order valence-electron chi connectivity index (χ1n) is 6.65. The number of nitrogens with one attached hydrogen (secondary N) is 2. The lowest BCUT2D eigenvalue weighted by atomic mass is 9.95. The summed E-state index contributed by atoms with van der Waals surface area (Å²) < 4.78 is 13.0. The molecule has 0 spiro atoms. The van der Waals surface area contributed by atoms with Crippen LogP contribution in [0.4, 0.5) is 4.39 Å². The molecule has 0 atom stereocenters. The summed E-state index contributed by atoms with van der Waals surface area (Å²) >= 11 is 0. The first-order chi connectivity index (χ1) is 9.62. The second-order valence-corrected chi connectivity index (χ2v) is 5.29. The van der Waals surface area contributed by atoms with Gasteiger partial charge in [-0.05, 0) is 37.5 Å². The summed E-state index contributed by atoms with van der Waals surface area (Å²) in [5.41, 5.74) is 2.36. The fraction of sp³-hybridized carbons (Fsp3) is 0.333. The fourth-order valence-electron chi connectivity index (χ4n) is 2.44. The normalized spacial score (nSPS) is 15.9. The van der Waals surface area contributed by atoms with Crippen LogP contribution in [0.25, 0.3) is 0 Å². The van der Waals surface area contributed by atoms with Crippen molar-refractivity contribution in [3.8, 4) is 0 Å². The highest BCUT2D eigenvalue weighted by atomic mass is 19.1. The molecule has 2 aromatic rings. The Bertz CT molecular complexity index is 629. The summed E-state index contributed by atoms with van der Waals surface area (Å²) in [7, 11) is 0. The van der Waals surface area contributed by atoms with E-state index < -0.39 is 5.41 Å². The van der Waals surface area contributed by atoms with Crippen LogP contribution in [-0.2, 0) is 16.8 Å². The Kier molecular flexibility index (Phi) is 3.04. The molecule has 0 unspecified atom stereocenters. The van der Waals surface area contributed by atoms with Gasteiger partial charge in [-0.25, -0.2) is 4.39 Å².